The number of nitrogens with zero attached hydrogens (tertiary/aromatic N) is 1. The highest BCUT2D eigenvalue weighted by atomic mass is 16.5. The summed E-state index contributed by atoms with van der Waals surface area (Å²) in [5.74, 6) is 0. The molecule has 98 valence electrons. The molecule has 0 aromatic carbocycles. The second kappa shape index (κ2) is 8.93. The lowest BCUT2D eigenvalue weighted by Crippen LogP contribution is -2.38. The van der Waals surface area contributed by atoms with E-state index < -0.39 is 0 Å². The van der Waals surface area contributed by atoms with E-state index in [-0.39, 0.29) is 5.41 Å². The van der Waals surface area contributed by atoms with Crippen LogP contribution in [0.2, 0.25) is 0 Å². The molecule has 0 atom stereocenters. The Morgan fingerprint density at radius 1 is 1.19 bits per heavy atom. The monoisotopic (exact) mass is 232 g/mol. The molecule has 0 amide bonds. The van der Waals surface area contributed by atoms with E-state index in [2.05, 4.69) is 25.8 Å². The zero-order valence-corrected chi connectivity index (χ0v) is 11.3. The van der Waals surface area contributed by atoms with Gasteiger partial charge in [-0.1, -0.05) is 13.8 Å². The van der Waals surface area contributed by atoms with Gasteiger partial charge in [-0.2, -0.15) is 0 Å². The van der Waals surface area contributed by atoms with Crippen molar-refractivity contribution in [1.29, 1.82) is 0 Å². The maximum atomic E-state index is 5.69. The van der Waals surface area contributed by atoms with Crippen LogP contribution in [-0.2, 0) is 9.47 Å². The van der Waals surface area contributed by atoms with Crippen molar-refractivity contribution in [2.24, 2.45) is 11.1 Å². The van der Waals surface area contributed by atoms with Gasteiger partial charge in [0.1, 0.15) is 0 Å². The van der Waals surface area contributed by atoms with Gasteiger partial charge in [0.2, 0.25) is 0 Å². The Morgan fingerprint density at radius 2 is 1.88 bits per heavy atom. The average Bonchev–Trinajstić information content (AvgIpc) is 2.22. The quantitative estimate of drug-likeness (QED) is 0.570. The number of likely N-dealkylation sites (N-methyl/N-ethyl adjacent to an activating group) is 1. The van der Waals surface area contributed by atoms with Crippen LogP contribution in [0.3, 0.4) is 0 Å². The highest BCUT2D eigenvalue weighted by Crippen LogP contribution is 2.13. The summed E-state index contributed by atoms with van der Waals surface area (Å²) in [6, 6.07) is 0. The van der Waals surface area contributed by atoms with Crippen LogP contribution in [0, 0.1) is 5.41 Å². The molecule has 2 N–H and O–H groups in total. The lowest BCUT2D eigenvalue weighted by Gasteiger charge is -2.28. The summed E-state index contributed by atoms with van der Waals surface area (Å²) in [6.07, 6.45) is 0.967. The fraction of sp³-hybridized carbons (Fsp3) is 1.00. The summed E-state index contributed by atoms with van der Waals surface area (Å²) in [5.41, 5.74) is 5.88. The number of hydrogen-bond acceptors (Lipinski definition) is 4. The molecule has 0 aliphatic rings. The molecule has 0 saturated heterocycles. The molecule has 16 heavy (non-hydrogen) atoms. The predicted molar refractivity (Wildman–Crippen MR) is 67.6 cm³/mol. The van der Waals surface area contributed by atoms with E-state index in [0.717, 1.165) is 39.3 Å². The SMILES string of the molecule is COCCCOCCN(C)CC(C)(C)CN. The van der Waals surface area contributed by atoms with Crippen molar-refractivity contribution in [2.75, 3.05) is 53.6 Å². The maximum Gasteiger partial charge on any atom is 0.0593 e. The fourth-order valence-electron chi connectivity index (χ4n) is 1.50. The molecule has 0 saturated carbocycles. The minimum Gasteiger partial charge on any atom is -0.385 e. The molecule has 0 aliphatic heterocycles. The van der Waals surface area contributed by atoms with Crippen molar-refractivity contribution in [3.63, 3.8) is 0 Å². The van der Waals surface area contributed by atoms with Crippen molar-refractivity contribution < 1.29 is 9.47 Å². The maximum absolute atomic E-state index is 5.69. The molecule has 4 nitrogen and oxygen atoms in total. The van der Waals surface area contributed by atoms with Gasteiger partial charge in [-0.15, -0.1) is 0 Å². The molecule has 0 heterocycles. The Bertz CT molecular complexity index is 163. The first-order valence-corrected chi connectivity index (χ1v) is 5.97. The second-order valence-corrected chi connectivity index (χ2v) is 5.06. The fourth-order valence-corrected chi connectivity index (χ4v) is 1.50. The third-order valence-corrected chi connectivity index (χ3v) is 2.51. The predicted octanol–water partition coefficient (Wildman–Crippen LogP) is 0.956. The largest absolute Gasteiger partial charge is 0.385 e. The smallest absolute Gasteiger partial charge is 0.0593 e. The second-order valence-electron chi connectivity index (χ2n) is 5.06. The third kappa shape index (κ3) is 9.09. The van der Waals surface area contributed by atoms with Crippen LogP contribution in [0.5, 0.6) is 0 Å². The molecule has 0 aliphatic carbocycles. The molecule has 0 fully saturated rings. The van der Waals surface area contributed by atoms with Crippen molar-refractivity contribution in [2.45, 2.75) is 20.3 Å². The molecule has 4 heteroatoms. The topological polar surface area (TPSA) is 47.7 Å². The zero-order chi connectivity index (χ0) is 12.4. The van der Waals surface area contributed by atoms with Crippen LogP contribution in [-0.4, -0.2) is 58.5 Å². The Balaban J connectivity index is 3.40. The molecule has 0 radical (unpaired) electrons. The van der Waals surface area contributed by atoms with Crippen molar-refractivity contribution in [1.82, 2.24) is 4.90 Å². The lowest BCUT2D eigenvalue weighted by atomic mass is 9.93. The van der Waals surface area contributed by atoms with Gasteiger partial charge in [0.05, 0.1) is 6.61 Å². The van der Waals surface area contributed by atoms with Crippen LogP contribution in [0.15, 0.2) is 0 Å². The number of ether oxygens (including phenoxy) is 2. The molecule has 0 aromatic rings. The van der Waals surface area contributed by atoms with E-state index in [9.17, 15) is 0 Å². The van der Waals surface area contributed by atoms with Crippen LogP contribution in [0.4, 0.5) is 0 Å². The van der Waals surface area contributed by atoms with Gasteiger partial charge >= 0.3 is 0 Å². The Hall–Kier alpha value is -0.160. The first-order chi connectivity index (χ1) is 7.52. The Kier molecular flexibility index (Phi) is 8.84. The van der Waals surface area contributed by atoms with Crippen molar-refractivity contribution in [3.05, 3.63) is 0 Å². The van der Waals surface area contributed by atoms with E-state index in [0.29, 0.717) is 6.54 Å². The minimum atomic E-state index is 0.185. The van der Waals surface area contributed by atoms with Gasteiger partial charge in [-0.25, -0.2) is 0 Å². The third-order valence-electron chi connectivity index (χ3n) is 2.51. The first kappa shape index (κ1) is 15.8. The number of rotatable bonds is 10. The molecule has 0 spiro atoms. The summed E-state index contributed by atoms with van der Waals surface area (Å²) < 4.78 is 10.4. The van der Waals surface area contributed by atoms with Gasteiger partial charge in [0.15, 0.2) is 0 Å². The van der Waals surface area contributed by atoms with E-state index in [1.807, 2.05) is 0 Å². The Morgan fingerprint density at radius 3 is 2.44 bits per heavy atom. The lowest BCUT2D eigenvalue weighted by molar-refractivity contribution is 0.0816. The van der Waals surface area contributed by atoms with Crippen LogP contribution in [0.25, 0.3) is 0 Å². The highest BCUT2D eigenvalue weighted by molar-refractivity contribution is 4.72. The zero-order valence-electron chi connectivity index (χ0n) is 11.3. The molecule has 0 aromatic heterocycles. The van der Waals surface area contributed by atoms with Crippen LogP contribution >= 0.6 is 0 Å². The van der Waals surface area contributed by atoms with Gasteiger partial charge in [-0.3, -0.25) is 0 Å². The molecule has 0 bridgehead atoms. The van der Waals surface area contributed by atoms with Crippen molar-refractivity contribution in [3.8, 4) is 0 Å². The first-order valence-electron chi connectivity index (χ1n) is 5.97. The number of methoxy groups -OCH3 is 1. The molecular weight excluding hydrogens is 204 g/mol. The molecular formula is C12H28N2O2. The Labute approximate surface area is 100 Å². The summed E-state index contributed by atoms with van der Waals surface area (Å²) in [5, 5.41) is 0. The summed E-state index contributed by atoms with van der Waals surface area (Å²) >= 11 is 0. The van der Waals surface area contributed by atoms with Gasteiger partial charge in [-0.05, 0) is 25.4 Å². The van der Waals surface area contributed by atoms with Gasteiger partial charge in [0, 0.05) is 33.4 Å². The minimum absolute atomic E-state index is 0.185. The number of hydrogen-bond donors (Lipinski definition) is 1. The molecule has 0 unspecified atom stereocenters. The van der Waals surface area contributed by atoms with Crippen LogP contribution in [0.1, 0.15) is 20.3 Å². The highest BCUT2D eigenvalue weighted by Gasteiger charge is 2.17. The standard InChI is InChI=1S/C12H28N2O2/c1-12(2,10-13)11-14(3)6-9-16-8-5-7-15-4/h5-11,13H2,1-4H3. The van der Waals surface area contributed by atoms with E-state index >= 15 is 0 Å². The normalized spacial score (nSPS) is 12.4. The van der Waals surface area contributed by atoms with Gasteiger partial charge in [0.25, 0.3) is 0 Å². The van der Waals surface area contributed by atoms with E-state index in [4.69, 9.17) is 15.2 Å². The molecule has 0 rings (SSSR count). The summed E-state index contributed by atoms with van der Waals surface area (Å²) in [6.45, 7) is 9.37. The van der Waals surface area contributed by atoms with Crippen molar-refractivity contribution >= 4 is 0 Å². The summed E-state index contributed by atoms with van der Waals surface area (Å²) in [7, 11) is 3.82. The van der Waals surface area contributed by atoms with E-state index in [1.54, 1.807) is 7.11 Å². The summed E-state index contributed by atoms with van der Waals surface area (Å²) in [4.78, 5) is 2.27. The van der Waals surface area contributed by atoms with Crippen LogP contribution < -0.4 is 5.73 Å². The average molecular weight is 232 g/mol. The number of nitrogens with two attached hydrogens (primary N) is 1. The van der Waals surface area contributed by atoms with E-state index in [1.165, 1.54) is 0 Å². The van der Waals surface area contributed by atoms with Gasteiger partial charge < -0.3 is 20.1 Å².